The van der Waals surface area contributed by atoms with E-state index in [9.17, 15) is 14.4 Å². The number of primary amides is 1. The number of hydrogen-bond donors (Lipinski definition) is 1. The molecule has 2 aliphatic rings. The molecule has 3 heterocycles. The molecule has 0 radical (unpaired) electrons. The third kappa shape index (κ3) is 4.81. The normalized spacial score (nSPS) is 21.1. The van der Waals surface area contributed by atoms with Gasteiger partial charge in [0, 0.05) is 11.5 Å². The predicted molar refractivity (Wildman–Crippen MR) is 154 cm³/mol. The van der Waals surface area contributed by atoms with Crippen LogP contribution >= 0.6 is 22.9 Å². The second-order valence-electron chi connectivity index (χ2n) is 9.78. The summed E-state index contributed by atoms with van der Waals surface area (Å²) < 4.78 is 17.1. The molecule has 2 aliphatic heterocycles. The van der Waals surface area contributed by atoms with E-state index in [0.29, 0.717) is 43.2 Å². The van der Waals surface area contributed by atoms with Gasteiger partial charge in [-0.05, 0) is 59.7 Å². The third-order valence-corrected chi connectivity index (χ3v) is 8.79. The quantitative estimate of drug-likeness (QED) is 0.287. The number of nitrogens with zero attached hydrogens (tertiary/aromatic N) is 1. The maximum Gasteiger partial charge on any atom is 0.255 e. The van der Waals surface area contributed by atoms with Gasteiger partial charge in [0.25, 0.3) is 5.91 Å². The highest BCUT2D eigenvalue weighted by molar-refractivity contribution is 7.18. The molecule has 0 spiro atoms. The molecule has 4 atom stereocenters. The number of nitrogens with two attached hydrogens (primary N) is 1. The topological polar surface area (TPSA) is 108 Å². The number of thiophene rings is 1. The molecule has 208 valence electrons. The van der Waals surface area contributed by atoms with Gasteiger partial charge < -0.3 is 24.8 Å². The first kappa shape index (κ1) is 26.9. The second-order valence-corrected chi connectivity index (χ2v) is 11.5. The van der Waals surface area contributed by atoms with Crippen molar-refractivity contribution in [3.63, 3.8) is 0 Å². The zero-order chi connectivity index (χ0) is 28.7. The van der Waals surface area contributed by atoms with Gasteiger partial charge in [0.1, 0.15) is 11.8 Å². The fourth-order valence-electron chi connectivity index (χ4n) is 5.83. The number of ketones is 1. The van der Waals surface area contributed by atoms with Crippen molar-refractivity contribution in [3.05, 3.63) is 111 Å². The Labute approximate surface area is 245 Å². The first-order chi connectivity index (χ1) is 19.9. The van der Waals surface area contributed by atoms with Crippen LogP contribution in [0.25, 0.3) is 0 Å². The van der Waals surface area contributed by atoms with Gasteiger partial charge in [-0.3, -0.25) is 14.4 Å². The van der Waals surface area contributed by atoms with E-state index in [2.05, 4.69) is 0 Å². The van der Waals surface area contributed by atoms with Gasteiger partial charge in [0.2, 0.25) is 12.7 Å². The minimum absolute atomic E-state index is 0.0580. The molecule has 6 rings (SSSR count). The maximum atomic E-state index is 14.5. The van der Waals surface area contributed by atoms with Crippen molar-refractivity contribution in [2.75, 3.05) is 13.9 Å². The number of likely N-dealkylation sites (tertiary alicyclic amines) is 1. The summed E-state index contributed by atoms with van der Waals surface area (Å²) in [5.41, 5.74) is 7.71. The molecule has 0 saturated carbocycles. The summed E-state index contributed by atoms with van der Waals surface area (Å²) in [6.07, 6.45) is 0. The molecule has 1 saturated heterocycles. The van der Waals surface area contributed by atoms with Crippen LogP contribution in [0.1, 0.15) is 43.1 Å². The number of Topliss-reactive ketones (excluding diaryl/α,β-unsaturated/α-hetero) is 1. The number of amides is 2. The Kier molecular flexibility index (Phi) is 7.15. The van der Waals surface area contributed by atoms with Crippen LogP contribution in [0, 0.1) is 5.92 Å². The first-order valence-electron chi connectivity index (χ1n) is 12.9. The minimum atomic E-state index is -1.16. The number of halogens is 1. The Morgan fingerprint density at radius 1 is 0.927 bits per heavy atom. The van der Waals surface area contributed by atoms with Crippen LogP contribution in [0.2, 0.25) is 4.34 Å². The van der Waals surface area contributed by atoms with E-state index in [0.717, 1.165) is 11.3 Å². The number of hydrogen-bond acceptors (Lipinski definition) is 7. The van der Waals surface area contributed by atoms with Crippen LogP contribution < -0.4 is 19.9 Å². The van der Waals surface area contributed by atoms with Crippen molar-refractivity contribution in [2.24, 2.45) is 11.7 Å². The number of fused-ring (bicyclic) bond motifs is 1. The van der Waals surface area contributed by atoms with Crippen LogP contribution in [0.15, 0.2) is 84.9 Å². The van der Waals surface area contributed by atoms with Crippen LogP contribution in [-0.2, 0) is 4.79 Å². The van der Waals surface area contributed by atoms with Crippen LogP contribution in [0.4, 0.5) is 0 Å². The van der Waals surface area contributed by atoms with E-state index in [1.165, 1.54) is 12.0 Å². The lowest BCUT2D eigenvalue weighted by Crippen LogP contribution is -2.46. The maximum absolute atomic E-state index is 14.5. The highest BCUT2D eigenvalue weighted by Crippen LogP contribution is 2.53. The molecule has 1 aromatic heterocycles. The first-order valence-corrected chi connectivity index (χ1v) is 14.1. The molecule has 0 bridgehead atoms. The molecule has 4 aromatic rings. The van der Waals surface area contributed by atoms with Gasteiger partial charge in [-0.15, -0.1) is 11.3 Å². The summed E-state index contributed by atoms with van der Waals surface area (Å²) in [7, 11) is 1.54. The molecular weight excluding hydrogens is 564 g/mol. The Balaban J connectivity index is 1.61. The average Bonchev–Trinajstić information content (AvgIpc) is 3.73. The second kappa shape index (κ2) is 10.9. The fourth-order valence-corrected chi connectivity index (χ4v) is 6.86. The number of benzene rings is 3. The third-order valence-electron chi connectivity index (χ3n) is 7.55. The Bertz CT molecular complexity index is 1640. The van der Waals surface area contributed by atoms with Gasteiger partial charge in [-0.1, -0.05) is 48.0 Å². The van der Waals surface area contributed by atoms with Crippen molar-refractivity contribution in [3.8, 4) is 17.2 Å². The van der Waals surface area contributed by atoms with Gasteiger partial charge in [-0.2, -0.15) is 0 Å². The van der Waals surface area contributed by atoms with Gasteiger partial charge in [0.15, 0.2) is 17.3 Å². The van der Waals surface area contributed by atoms with E-state index in [1.807, 2.05) is 6.07 Å². The molecule has 3 aromatic carbocycles. The lowest BCUT2D eigenvalue weighted by atomic mass is 9.77. The van der Waals surface area contributed by atoms with Gasteiger partial charge in [-0.25, -0.2) is 0 Å². The van der Waals surface area contributed by atoms with Crippen molar-refractivity contribution in [1.29, 1.82) is 0 Å². The van der Waals surface area contributed by atoms with Crippen LogP contribution in [0.3, 0.4) is 0 Å². The molecule has 41 heavy (non-hydrogen) atoms. The van der Waals surface area contributed by atoms with E-state index in [1.54, 1.807) is 78.9 Å². The van der Waals surface area contributed by atoms with E-state index in [-0.39, 0.29) is 12.6 Å². The fraction of sp³-hybridized carbons (Fsp3) is 0.194. The number of carbonyl (C=O) groups is 3. The van der Waals surface area contributed by atoms with E-state index in [4.69, 9.17) is 31.5 Å². The largest absolute Gasteiger partial charge is 0.497 e. The molecule has 2 amide bonds. The van der Waals surface area contributed by atoms with Crippen molar-refractivity contribution >= 4 is 40.5 Å². The predicted octanol–water partition coefficient (Wildman–Crippen LogP) is 5.47. The Morgan fingerprint density at radius 2 is 1.71 bits per heavy atom. The smallest absolute Gasteiger partial charge is 0.255 e. The highest BCUT2D eigenvalue weighted by Gasteiger charge is 2.57. The molecule has 0 aliphatic carbocycles. The van der Waals surface area contributed by atoms with Gasteiger partial charge in [0.05, 0.1) is 28.3 Å². The number of ether oxygens (including phenoxy) is 3. The van der Waals surface area contributed by atoms with Crippen LogP contribution in [0.5, 0.6) is 17.2 Å². The van der Waals surface area contributed by atoms with Crippen molar-refractivity contribution in [1.82, 2.24) is 4.90 Å². The van der Waals surface area contributed by atoms with Crippen molar-refractivity contribution < 1.29 is 28.6 Å². The summed E-state index contributed by atoms with van der Waals surface area (Å²) in [5, 5.41) is 0. The average molecular weight is 589 g/mol. The highest BCUT2D eigenvalue weighted by atomic mass is 35.5. The SMILES string of the molecule is COc1cccc(C2C(C(=O)c3ccc(Cl)s3)C(c3ccc4c(c3)OCO4)N(C(=O)c3ccccc3)C2C(N)=O)c1. The summed E-state index contributed by atoms with van der Waals surface area (Å²) in [6, 6.07) is 22.4. The lowest BCUT2D eigenvalue weighted by molar-refractivity contribution is -0.122. The minimum Gasteiger partial charge on any atom is -0.497 e. The van der Waals surface area contributed by atoms with Crippen molar-refractivity contribution in [2.45, 2.75) is 18.0 Å². The molecule has 2 N–H and O–H groups in total. The summed E-state index contributed by atoms with van der Waals surface area (Å²) >= 11 is 7.39. The number of rotatable bonds is 7. The zero-order valence-electron chi connectivity index (χ0n) is 21.9. The van der Waals surface area contributed by atoms with E-state index < -0.39 is 35.7 Å². The molecule has 4 unspecified atom stereocenters. The molecule has 10 heteroatoms. The standard InChI is InChI=1S/C31H25ClN2O6S/c1-38-20-9-5-8-18(14-20)25-26(29(35)23-12-13-24(32)41-23)27(19-10-11-21-22(15-19)40-16-39-21)34(28(25)30(33)36)31(37)17-6-3-2-4-7-17/h2-15,25-28H,16H2,1H3,(H2,33,36). The molecule has 8 nitrogen and oxygen atoms in total. The molecule has 1 fully saturated rings. The van der Waals surface area contributed by atoms with Crippen LogP contribution in [-0.4, -0.2) is 42.4 Å². The number of carbonyl (C=O) groups excluding carboxylic acids is 3. The summed E-state index contributed by atoms with van der Waals surface area (Å²) in [5.74, 6) is -1.52. The zero-order valence-corrected chi connectivity index (χ0v) is 23.4. The lowest BCUT2D eigenvalue weighted by Gasteiger charge is -2.31. The monoisotopic (exact) mass is 588 g/mol. The number of methoxy groups -OCH3 is 1. The molecular formula is C31H25ClN2O6S. The Morgan fingerprint density at radius 3 is 2.41 bits per heavy atom. The summed E-state index contributed by atoms with van der Waals surface area (Å²) in [6.45, 7) is 0.0580. The van der Waals surface area contributed by atoms with E-state index >= 15 is 0 Å². The van der Waals surface area contributed by atoms with Gasteiger partial charge >= 0.3 is 0 Å². The summed E-state index contributed by atoms with van der Waals surface area (Å²) in [4.78, 5) is 44.0. The Hall–Kier alpha value is -4.34.